The molecule has 0 saturated carbocycles. The summed E-state index contributed by atoms with van der Waals surface area (Å²) in [5.41, 5.74) is 2.55. The lowest BCUT2D eigenvalue weighted by Gasteiger charge is -2.08. The molecule has 0 aromatic heterocycles. The van der Waals surface area contributed by atoms with Crippen molar-refractivity contribution in [3.8, 4) is 5.75 Å². The molecule has 0 fully saturated rings. The van der Waals surface area contributed by atoms with E-state index in [0.717, 1.165) is 25.4 Å². The van der Waals surface area contributed by atoms with Gasteiger partial charge >= 0.3 is 0 Å². The fourth-order valence-corrected chi connectivity index (χ4v) is 2.01. The predicted octanol–water partition coefficient (Wildman–Crippen LogP) is 3.39. The smallest absolute Gasteiger partial charge is 0.119 e. The Hall–Kier alpha value is -1.84. The molecule has 0 heterocycles. The van der Waals surface area contributed by atoms with Crippen molar-refractivity contribution in [2.24, 2.45) is 0 Å². The highest BCUT2D eigenvalue weighted by Crippen LogP contribution is 2.12. The molecule has 0 radical (unpaired) electrons. The lowest BCUT2D eigenvalue weighted by atomic mass is 10.2. The van der Waals surface area contributed by atoms with E-state index in [9.17, 15) is 0 Å². The van der Waals surface area contributed by atoms with E-state index in [2.05, 4.69) is 41.7 Å². The second kappa shape index (κ2) is 9.16. The lowest BCUT2D eigenvalue weighted by Crippen LogP contribution is -2.12. The number of nitrogens with one attached hydrogen (secondary N) is 1. The van der Waals surface area contributed by atoms with Crippen LogP contribution in [0.3, 0.4) is 0 Å². The van der Waals surface area contributed by atoms with Gasteiger partial charge in [-0.25, -0.2) is 0 Å². The molecule has 3 heteroatoms. The predicted molar refractivity (Wildman–Crippen MR) is 85.4 cm³/mol. The van der Waals surface area contributed by atoms with Crippen LogP contribution in [-0.2, 0) is 17.8 Å². The maximum atomic E-state index is 5.59. The van der Waals surface area contributed by atoms with Crippen LogP contribution in [0.25, 0.3) is 0 Å². The van der Waals surface area contributed by atoms with E-state index < -0.39 is 0 Å². The maximum Gasteiger partial charge on any atom is 0.119 e. The van der Waals surface area contributed by atoms with Gasteiger partial charge in [0, 0.05) is 19.7 Å². The fourth-order valence-electron chi connectivity index (χ4n) is 2.01. The standard InChI is InChI=1S/C18H23NO2/c1-2-20-12-13-21-18-10-8-17(9-11-18)15-19-14-16-6-4-3-5-7-16/h3-11,19H,2,12-15H2,1H3. The zero-order valence-corrected chi connectivity index (χ0v) is 12.5. The van der Waals surface area contributed by atoms with Gasteiger partial charge in [-0.2, -0.15) is 0 Å². The summed E-state index contributed by atoms with van der Waals surface area (Å²) >= 11 is 0. The Labute approximate surface area is 126 Å². The zero-order chi connectivity index (χ0) is 14.8. The highest BCUT2D eigenvalue weighted by atomic mass is 16.5. The molecule has 2 rings (SSSR count). The molecular weight excluding hydrogens is 262 g/mol. The highest BCUT2D eigenvalue weighted by molar-refractivity contribution is 5.27. The third kappa shape index (κ3) is 5.98. The topological polar surface area (TPSA) is 30.5 Å². The van der Waals surface area contributed by atoms with Gasteiger partial charge in [0.1, 0.15) is 12.4 Å². The molecule has 1 N–H and O–H groups in total. The number of hydrogen-bond acceptors (Lipinski definition) is 3. The first kappa shape index (κ1) is 15.5. The van der Waals surface area contributed by atoms with Gasteiger partial charge in [0.15, 0.2) is 0 Å². The van der Waals surface area contributed by atoms with Crippen molar-refractivity contribution in [1.29, 1.82) is 0 Å². The molecule has 0 saturated heterocycles. The minimum absolute atomic E-state index is 0.597. The molecule has 2 aromatic carbocycles. The van der Waals surface area contributed by atoms with Gasteiger partial charge in [0.25, 0.3) is 0 Å². The van der Waals surface area contributed by atoms with Crippen LogP contribution in [0.2, 0.25) is 0 Å². The van der Waals surface area contributed by atoms with Crippen molar-refractivity contribution in [1.82, 2.24) is 5.32 Å². The van der Waals surface area contributed by atoms with Crippen LogP contribution >= 0.6 is 0 Å². The average molecular weight is 285 g/mol. The molecule has 0 spiro atoms. The number of benzene rings is 2. The summed E-state index contributed by atoms with van der Waals surface area (Å²) in [6, 6.07) is 18.6. The molecule has 0 amide bonds. The van der Waals surface area contributed by atoms with Crippen molar-refractivity contribution in [3.63, 3.8) is 0 Å². The van der Waals surface area contributed by atoms with Crippen molar-refractivity contribution < 1.29 is 9.47 Å². The summed E-state index contributed by atoms with van der Waals surface area (Å²) in [6.07, 6.45) is 0. The molecule has 112 valence electrons. The van der Waals surface area contributed by atoms with Gasteiger partial charge in [-0.1, -0.05) is 42.5 Å². The van der Waals surface area contributed by atoms with Crippen molar-refractivity contribution in [2.75, 3.05) is 19.8 Å². The molecule has 0 unspecified atom stereocenters. The number of rotatable bonds is 9. The molecule has 2 aromatic rings. The zero-order valence-electron chi connectivity index (χ0n) is 12.5. The van der Waals surface area contributed by atoms with Crippen LogP contribution in [0.5, 0.6) is 5.75 Å². The Morgan fingerprint density at radius 3 is 2.14 bits per heavy atom. The molecule has 0 atom stereocenters. The summed E-state index contributed by atoms with van der Waals surface area (Å²) in [5, 5.41) is 3.44. The van der Waals surface area contributed by atoms with Crippen LogP contribution in [0.15, 0.2) is 54.6 Å². The third-order valence-corrected chi connectivity index (χ3v) is 3.12. The van der Waals surface area contributed by atoms with Crippen LogP contribution in [-0.4, -0.2) is 19.8 Å². The Balaban J connectivity index is 1.69. The van der Waals surface area contributed by atoms with E-state index >= 15 is 0 Å². The van der Waals surface area contributed by atoms with Gasteiger partial charge in [-0.15, -0.1) is 0 Å². The molecule has 0 aliphatic carbocycles. The van der Waals surface area contributed by atoms with E-state index in [1.165, 1.54) is 11.1 Å². The van der Waals surface area contributed by atoms with E-state index in [0.29, 0.717) is 13.2 Å². The summed E-state index contributed by atoms with van der Waals surface area (Å²) < 4.78 is 10.8. The Morgan fingerprint density at radius 1 is 0.810 bits per heavy atom. The molecule has 0 aliphatic rings. The van der Waals surface area contributed by atoms with Crippen LogP contribution in [0.4, 0.5) is 0 Å². The van der Waals surface area contributed by atoms with E-state index in [4.69, 9.17) is 9.47 Å². The Kier molecular flexibility index (Phi) is 6.78. The minimum atomic E-state index is 0.597. The summed E-state index contributed by atoms with van der Waals surface area (Å²) in [7, 11) is 0. The van der Waals surface area contributed by atoms with Crippen molar-refractivity contribution in [3.05, 3.63) is 65.7 Å². The van der Waals surface area contributed by atoms with E-state index in [1.807, 2.05) is 25.1 Å². The third-order valence-electron chi connectivity index (χ3n) is 3.12. The van der Waals surface area contributed by atoms with Crippen molar-refractivity contribution in [2.45, 2.75) is 20.0 Å². The number of ether oxygens (including phenoxy) is 2. The summed E-state index contributed by atoms with van der Waals surface area (Å²) in [6.45, 7) is 5.69. The largest absolute Gasteiger partial charge is 0.491 e. The Bertz CT molecular complexity index is 496. The quantitative estimate of drug-likeness (QED) is 0.716. The van der Waals surface area contributed by atoms with Gasteiger partial charge < -0.3 is 14.8 Å². The summed E-state index contributed by atoms with van der Waals surface area (Å²) in [5.74, 6) is 0.890. The summed E-state index contributed by atoms with van der Waals surface area (Å²) in [4.78, 5) is 0. The van der Waals surface area contributed by atoms with Crippen LogP contribution < -0.4 is 10.1 Å². The second-order valence-electron chi connectivity index (χ2n) is 4.78. The maximum absolute atomic E-state index is 5.59. The molecule has 0 aliphatic heterocycles. The van der Waals surface area contributed by atoms with E-state index in [1.54, 1.807) is 0 Å². The average Bonchev–Trinajstić information content (AvgIpc) is 2.54. The van der Waals surface area contributed by atoms with Crippen LogP contribution in [0.1, 0.15) is 18.1 Å². The normalized spacial score (nSPS) is 10.5. The number of hydrogen-bond donors (Lipinski definition) is 1. The first-order chi connectivity index (χ1) is 10.4. The molecule has 3 nitrogen and oxygen atoms in total. The van der Waals surface area contributed by atoms with E-state index in [-0.39, 0.29) is 0 Å². The second-order valence-corrected chi connectivity index (χ2v) is 4.78. The monoisotopic (exact) mass is 285 g/mol. The molecular formula is C18H23NO2. The highest BCUT2D eigenvalue weighted by Gasteiger charge is 1.97. The minimum Gasteiger partial charge on any atom is -0.491 e. The fraction of sp³-hybridized carbons (Fsp3) is 0.333. The first-order valence-electron chi connectivity index (χ1n) is 7.42. The Morgan fingerprint density at radius 2 is 1.48 bits per heavy atom. The van der Waals surface area contributed by atoms with Gasteiger partial charge in [-0.3, -0.25) is 0 Å². The van der Waals surface area contributed by atoms with Gasteiger partial charge in [0.05, 0.1) is 6.61 Å². The first-order valence-corrected chi connectivity index (χ1v) is 7.42. The lowest BCUT2D eigenvalue weighted by molar-refractivity contribution is 0.110. The van der Waals surface area contributed by atoms with Gasteiger partial charge in [0.2, 0.25) is 0 Å². The van der Waals surface area contributed by atoms with Crippen LogP contribution in [0, 0.1) is 0 Å². The molecule has 21 heavy (non-hydrogen) atoms. The molecule has 0 bridgehead atoms. The van der Waals surface area contributed by atoms with Gasteiger partial charge in [-0.05, 0) is 30.2 Å². The SMILES string of the molecule is CCOCCOc1ccc(CNCc2ccccc2)cc1. The van der Waals surface area contributed by atoms with Crippen molar-refractivity contribution >= 4 is 0 Å².